The summed E-state index contributed by atoms with van der Waals surface area (Å²) in [4.78, 5) is 4.44. The zero-order valence-electron chi connectivity index (χ0n) is 10.8. The third kappa shape index (κ3) is 2.13. The van der Waals surface area contributed by atoms with Crippen LogP contribution < -0.4 is 5.32 Å². The van der Waals surface area contributed by atoms with Crippen LogP contribution in [0.25, 0.3) is 10.2 Å². The van der Waals surface area contributed by atoms with Crippen molar-refractivity contribution in [3.63, 3.8) is 0 Å². The zero-order chi connectivity index (χ0) is 14.3. The maximum Gasteiger partial charge on any atom is 0.217 e. The molecule has 0 radical (unpaired) electrons. The molecule has 2 aromatic heterocycles. The predicted molar refractivity (Wildman–Crippen MR) is 80.8 cm³/mol. The molecular weight excluding hydrogens is 294 g/mol. The molecule has 20 heavy (non-hydrogen) atoms. The molecule has 0 aliphatic rings. The van der Waals surface area contributed by atoms with Gasteiger partial charge >= 0.3 is 0 Å². The molecule has 4 nitrogen and oxygen atoms in total. The number of hydrogen-bond acceptors (Lipinski definition) is 5. The zero-order valence-corrected chi connectivity index (χ0v) is 12.4. The fraction of sp³-hybridized carbons (Fsp3) is 0.143. The molecule has 2 heterocycles. The van der Waals surface area contributed by atoms with E-state index in [0.29, 0.717) is 21.6 Å². The number of nitrogens with zero attached hydrogens (tertiary/aromatic N) is 2. The van der Waals surface area contributed by atoms with Gasteiger partial charge in [-0.05, 0) is 32.0 Å². The lowest BCUT2D eigenvalue weighted by atomic mass is 10.2. The van der Waals surface area contributed by atoms with E-state index in [4.69, 9.17) is 16.0 Å². The summed E-state index contributed by atoms with van der Waals surface area (Å²) in [5.74, 6) is 1.17. The first-order chi connectivity index (χ1) is 9.58. The van der Waals surface area contributed by atoms with E-state index in [1.54, 1.807) is 6.07 Å². The van der Waals surface area contributed by atoms with Gasteiger partial charge in [-0.3, -0.25) is 0 Å². The van der Waals surface area contributed by atoms with Crippen molar-refractivity contribution in [1.82, 2.24) is 4.98 Å². The number of anilines is 2. The van der Waals surface area contributed by atoms with Crippen LogP contribution in [0.1, 0.15) is 16.9 Å². The van der Waals surface area contributed by atoms with Crippen LogP contribution in [0.3, 0.4) is 0 Å². The maximum absolute atomic E-state index is 9.18. The number of hydrogen-bond donors (Lipinski definition) is 1. The Labute approximate surface area is 124 Å². The quantitative estimate of drug-likeness (QED) is 0.740. The van der Waals surface area contributed by atoms with Crippen molar-refractivity contribution in [3.05, 3.63) is 40.1 Å². The summed E-state index contributed by atoms with van der Waals surface area (Å²) in [6, 6.07) is 7.68. The molecule has 0 fully saturated rings. The molecule has 0 atom stereocenters. The van der Waals surface area contributed by atoms with E-state index in [1.807, 2.05) is 26.0 Å². The fourth-order valence-corrected chi connectivity index (χ4v) is 3.04. The third-order valence-corrected chi connectivity index (χ3v) is 4.24. The molecule has 3 aromatic rings. The van der Waals surface area contributed by atoms with E-state index in [1.165, 1.54) is 11.3 Å². The number of aryl methyl sites for hydroxylation is 1. The summed E-state index contributed by atoms with van der Waals surface area (Å²) in [6.45, 7) is 3.69. The summed E-state index contributed by atoms with van der Waals surface area (Å²) < 4.78 is 6.55. The van der Waals surface area contributed by atoms with E-state index >= 15 is 0 Å². The SMILES string of the molecule is Cc1oc(Nc2nc3ccc(Cl)cc3s2)c(C#N)c1C. The minimum atomic E-state index is 0.438. The van der Waals surface area contributed by atoms with Gasteiger partial charge in [0.15, 0.2) is 5.13 Å². The van der Waals surface area contributed by atoms with Gasteiger partial charge in [0.25, 0.3) is 0 Å². The van der Waals surface area contributed by atoms with E-state index in [0.717, 1.165) is 21.5 Å². The van der Waals surface area contributed by atoms with Crippen molar-refractivity contribution in [2.24, 2.45) is 0 Å². The van der Waals surface area contributed by atoms with Gasteiger partial charge in [0.2, 0.25) is 5.88 Å². The van der Waals surface area contributed by atoms with Crippen LogP contribution in [0, 0.1) is 25.2 Å². The van der Waals surface area contributed by atoms with Gasteiger partial charge in [0.1, 0.15) is 17.4 Å². The molecule has 0 saturated heterocycles. The summed E-state index contributed by atoms with van der Waals surface area (Å²) in [5.41, 5.74) is 2.22. The molecule has 0 unspecified atom stereocenters. The van der Waals surface area contributed by atoms with E-state index in [-0.39, 0.29) is 0 Å². The third-order valence-electron chi connectivity index (χ3n) is 3.07. The Morgan fingerprint density at radius 3 is 2.95 bits per heavy atom. The van der Waals surface area contributed by atoms with Crippen molar-refractivity contribution >= 4 is 44.2 Å². The molecule has 3 rings (SSSR count). The highest BCUT2D eigenvalue weighted by molar-refractivity contribution is 7.22. The second-order valence-corrected chi connectivity index (χ2v) is 5.82. The standard InChI is InChI=1S/C14H10ClN3OS/c1-7-8(2)19-13(10(7)6-16)18-14-17-11-4-3-9(15)5-12(11)20-14/h3-5H,1-2H3,(H,17,18). The molecule has 0 saturated carbocycles. The molecule has 0 bridgehead atoms. The van der Waals surface area contributed by atoms with Crippen LogP contribution in [-0.4, -0.2) is 4.98 Å². The number of benzene rings is 1. The largest absolute Gasteiger partial charge is 0.444 e. The van der Waals surface area contributed by atoms with Crippen molar-refractivity contribution in [2.75, 3.05) is 5.32 Å². The van der Waals surface area contributed by atoms with Crippen LogP contribution in [0.5, 0.6) is 0 Å². The van der Waals surface area contributed by atoms with Crippen molar-refractivity contribution in [3.8, 4) is 6.07 Å². The Morgan fingerprint density at radius 2 is 2.20 bits per heavy atom. The highest BCUT2D eigenvalue weighted by Gasteiger charge is 2.15. The van der Waals surface area contributed by atoms with Crippen LogP contribution in [0.15, 0.2) is 22.6 Å². The highest BCUT2D eigenvalue weighted by atomic mass is 35.5. The van der Waals surface area contributed by atoms with E-state index < -0.39 is 0 Å². The number of aromatic nitrogens is 1. The summed E-state index contributed by atoms with van der Waals surface area (Å²) >= 11 is 7.42. The molecule has 1 aromatic carbocycles. The number of halogens is 1. The normalized spacial score (nSPS) is 10.7. The number of fused-ring (bicyclic) bond motifs is 1. The molecule has 100 valence electrons. The lowest BCUT2D eigenvalue weighted by molar-refractivity contribution is 0.548. The van der Waals surface area contributed by atoms with Crippen molar-refractivity contribution < 1.29 is 4.42 Å². The van der Waals surface area contributed by atoms with E-state index in [9.17, 15) is 5.26 Å². The molecular formula is C14H10ClN3OS. The van der Waals surface area contributed by atoms with Gasteiger partial charge in [-0.25, -0.2) is 4.98 Å². The molecule has 1 N–H and O–H groups in total. The first-order valence-corrected chi connectivity index (χ1v) is 7.11. The lowest BCUT2D eigenvalue weighted by Crippen LogP contribution is -1.90. The number of nitrogens with one attached hydrogen (secondary N) is 1. The average molecular weight is 304 g/mol. The monoisotopic (exact) mass is 303 g/mol. The van der Waals surface area contributed by atoms with Crippen LogP contribution in [0.2, 0.25) is 5.02 Å². The summed E-state index contributed by atoms with van der Waals surface area (Å²) in [5, 5.41) is 13.6. The maximum atomic E-state index is 9.18. The van der Waals surface area contributed by atoms with E-state index in [2.05, 4.69) is 16.4 Å². The fourth-order valence-electron chi connectivity index (χ4n) is 1.90. The topological polar surface area (TPSA) is 61.9 Å². The smallest absolute Gasteiger partial charge is 0.217 e. The summed E-state index contributed by atoms with van der Waals surface area (Å²) in [6.07, 6.45) is 0. The summed E-state index contributed by atoms with van der Waals surface area (Å²) in [7, 11) is 0. The van der Waals surface area contributed by atoms with Crippen molar-refractivity contribution in [2.45, 2.75) is 13.8 Å². The number of nitriles is 1. The van der Waals surface area contributed by atoms with Crippen molar-refractivity contribution in [1.29, 1.82) is 5.26 Å². The molecule has 6 heteroatoms. The molecule has 0 aliphatic heterocycles. The molecule has 0 spiro atoms. The second-order valence-electron chi connectivity index (χ2n) is 4.36. The van der Waals surface area contributed by atoms with Crippen LogP contribution in [-0.2, 0) is 0 Å². The minimum Gasteiger partial charge on any atom is -0.444 e. The lowest BCUT2D eigenvalue weighted by Gasteiger charge is -1.97. The highest BCUT2D eigenvalue weighted by Crippen LogP contribution is 2.33. The Hall–Kier alpha value is -2.03. The Balaban J connectivity index is 2.01. The van der Waals surface area contributed by atoms with Gasteiger partial charge in [-0.15, -0.1) is 0 Å². The first kappa shape index (κ1) is 13.0. The minimum absolute atomic E-state index is 0.438. The van der Waals surface area contributed by atoms with Gasteiger partial charge in [0.05, 0.1) is 10.2 Å². The van der Waals surface area contributed by atoms with Gasteiger partial charge in [0, 0.05) is 10.6 Å². The second kappa shape index (κ2) is 4.82. The van der Waals surface area contributed by atoms with Crippen LogP contribution >= 0.6 is 22.9 Å². The number of furan rings is 1. The molecule has 0 aliphatic carbocycles. The Bertz CT molecular complexity index is 844. The predicted octanol–water partition coefficient (Wildman–Crippen LogP) is 4.77. The Morgan fingerprint density at radius 1 is 1.40 bits per heavy atom. The van der Waals surface area contributed by atoms with Crippen LogP contribution in [0.4, 0.5) is 11.0 Å². The first-order valence-electron chi connectivity index (χ1n) is 5.91. The molecule has 0 amide bonds. The average Bonchev–Trinajstić information content (AvgIpc) is 2.91. The van der Waals surface area contributed by atoms with Gasteiger partial charge < -0.3 is 9.73 Å². The number of rotatable bonds is 2. The number of thiazole rings is 1. The van der Waals surface area contributed by atoms with Gasteiger partial charge in [-0.1, -0.05) is 22.9 Å². The Kier molecular flexibility index (Phi) is 3.13. The van der Waals surface area contributed by atoms with Gasteiger partial charge in [-0.2, -0.15) is 5.26 Å².